The third-order valence-corrected chi connectivity index (χ3v) is 6.41. The van der Waals surface area contributed by atoms with Crippen molar-refractivity contribution in [3.8, 4) is 11.5 Å². The zero-order valence-corrected chi connectivity index (χ0v) is 17.0. The highest BCUT2D eigenvalue weighted by atomic mass is 16.5. The molecule has 2 aliphatic heterocycles. The molecule has 0 aromatic heterocycles. The largest absolute Gasteiger partial charge is 0.507 e. The second-order valence-corrected chi connectivity index (χ2v) is 8.21. The Kier molecular flexibility index (Phi) is 5.68. The van der Waals surface area contributed by atoms with Gasteiger partial charge in [-0.05, 0) is 63.6 Å². The lowest BCUT2D eigenvalue weighted by molar-refractivity contribution is -0.136. The van der Waals surface area contributed by atoms with Gasteiger partial charge in [-0.15, -0.1) is 0 Å². The molecule has 0 spiro atoms. The Bertz CT molecular complexity index is 726. The van der Waals surface area contributed by atoms with Crippen molar-refractivity contribution >= 4 is 5.91 Å². The summed E-state index contributed by atoms with van der Waals surface area (Å²) >= 11 is 0. The molecule has 1 aromatic carbocycles. The topological polar surface area (TPSA) is 73.2 Å². The van der Waals surface area contributed by atoms with Crippen LogP contribution < -0.4 is 4.74 Å². The SMILES string of the molecule is Cc1c(C)c2c(c(C)c1O)CCC(C)(CCN1CCN(C(=O)CO)CC1)O2. The summed E-state index contributed by atoms with van der Waals surface area (Å²) in [4.78, 5) is 15.7. The van der Waals surface area contributed by atoms with Crippen molar-refractivity contribution in [3.05, 3.63) is 22.3 Å². The normalized spacial score (nSPS) is 23.1. The molecule has 27 heavy (non-hydrogen) atoms. The van der Waals surface area contributed by atoms with Crippen LogP contribution in [0.15, 0.2) is 0 Å². The summed E-state index contributed by atoms with van der Waals surface area (Å²) < 4.78 is 6.50. The second-order valence-electron chi connectivity index (χ2n) is 8.21. The first kappa shape index (κ1) is 20.0. The van der Waals surface area contributed by atoms with E-state index in [9.17, 15) is 9.90 Å². The van der Waals surface area contributed by atoms with Crippen molar-refractivity contribution in [1.82, 2.24) is 9.80 Å². The number of amides is 1. The fourth-order valence-corrected chi connectivity index (χ4v) is 4.19. The van der Waals surface area contributed by atoms with E-state index < -0.39 is 6.61 Å². The minimum absolute atomic E-state index is 0.182. The maximum absolute atomic E-state index is 11.6. The van der Waals surface area contributed by atoms with Crippen LogP contribution in [-0.4, -0.2) is 70.9 Å². The number of nitrogens with zero attached hydrogens (tertiary/aromatic N) is 2. The van der Waals surface area contributed by atoms with Crippen LogP contribution in [0.5, 0.6) is 11.5 Å². The fourth-order valence-electron chi connectivity index (χ4n) is 4.19. The first-order valence-electron chi connectivity index (χ1n) is 9.87. The van der Waals surface area contributed by atoms with E-state index in [1.165, 1.54) is 0 Å². The molecular weight excluding hydrogens is 344 g/mol. The second kappa shape index (κ2) is 7.68. The summed E-state index contributed by atoms with van der Waals surface area (Å²) in [6.07, 6.45) is 2.79. The lowest BCUT2D eigenvalue weighted by atomic mass is 9.85. The lowest BCUT2D eigenvalue weighted by Crippen LogP contribution is -2.51. The van der Waals surface area contributed by atoms with E-state index in [1.807, 2.05) is 20.8 Å². The molecule has 1 saturated heterocycles. The van der Waals surface area contributed by atoms with E-state index in [-0.39, 0.29) is 11.5 Å². The number of carbonyl (C=O) groups excluding carboxylic acids is 1. The van der Waals surface area contributed by atoms with E-state index in [1.54, 1.807) is 4.90 Å². The van der Waals surface area contributed by atoms with E-state index in [0.717, 1.165) is 66.9 Å². The fraction of sp³-hybridized carbons (Fsp3) is 0.667. The van der Waals surface area contributed by atoms with Crippen LogP contribution in [0.2, 0.25) is 0 Å². The molecule has 0 saturated carbocycles. The average molecular weight is 376 g/mol. The highest BCUT2D eigenvalue weighted by Crippen LogP contribution is 2.44. The van der Waals surface area contributed by atoms with Gasteiger partial charge < -0.3 is 19.8 Å². The molecular formula is C21H32N2O4. The number of piperazine rings is 1. The van der Waals surface area contributed by atoms with Crippen molar-refractivity contribution in [2.75, 3.05) is 39.3 Å². The maximum Gasteiger partial charge on any atom is 0.248 e. The number of hydrogen-bond donors (Lipinski definition) is 2. The summed E-state index contributed by atoms with van der Waals surface area (Å²) in [5, 5.41) is 19.3. The monoisotopic (exact) mass is 376 g/mol. The van der Waals surface area contributed by atoms with Crippen LogP contribution in [0.4, 0.5) is 0 Å². The Morgan fingerprint density at radius 3 is 2.41 bits per heavy atom. The van der Waals surface area contributed by atoms with Gasteiger partial charge in [0.2, 0.25) is 5.91 Å². The van der Waals surface area contributed by atoms with Gasteiger partial charge in [0.1, 0.15) is 23.7 Å². The molecule has 2 N–H and O–H groups in total. The third-order valence-electron chi connectivity index (χ3n) is 6.41. The van der Waals surface area contributed by atoms with Gasteiger partial charge in [0, 0.05) is 38.3 Å². The summed E-state index contributed by atoms with van der Waals surface area (Å²) in [5.41, 5.74) is 3.81. The van der Waals surface area contributed by atoms with Gasteiger partial charge >= 0.3 is 0 Å². The highest BCUT2D eigenvalue weighted by Gasteiger charge is 2.35. The maximum atomic E-state index is 11.6. The Balaban J connectivity index is 1.62. The molecule has 150 valence electrons. The number of aliphatic hydroxyl groups excluding tert-OH is 1. The average Bonchev–Trinajstić information content (AvgIpc) is 2.69. The van der Waals surface area contributed by atoms with E-state index in [0.29, 0.717) is 18.8 Å². The van der Waals surface area contributed by atoms with E-state index >= 15 is 0 Å². The molecule has 6 nitrogen and oxygen atoms in total. The molecule has 0 aliphatic carbocycles. The molecule has 1 atom stereocenters. The zero-order valence-electron chi connectivity index (χ0n) is 17.0. The number of phenolic OH excluding ortho intramolecular Hbond substituents is 1. The van der Waals surface area contributed by atoms with Crippen molar-refractivity contribution in [2.24, 2.45) is 0 Å². The number of ether oxygens (including phenoxy) is 1. The molecule has 1 unspecified atom stereocenters. The van der Waals surface area contributed by atoms with Crippen molar-refractivity contribution in [2.45, 2.75) is 52.6 Å². The summed E-state index contributed by atoms with van der Waals surface area (Å²) in [5.74, 6) is 1.17. The van der Waals surface area contributed by atoms with Gasteiger partial charge in [0.05, 0.1) is 0 Å². The summed E-state index contributed by atoms with van der Waals surface area (Å²) in [7, 11) is 0. The molecule has 0 radical (unpaired) electrons. The number of aromatic hydroxyl groups is 1. The van der Waals surface area contributed by atoms with Crippen molar-refractivity contribution in [1.29, 1.82) is 0 Å². The number of fused-ring (bicyclic) bond motifs is 1. The van der Waals surface area contributed by atoms with Gasteiger partial charge in [0.25, 0.3) is 0 Å². The molecule has 0 bridgehead atoms. The van der Waals surface area contributed by atoms with Crippen LogP contribution in [0.3, 0.4) is 0 Å². The molecule has 1 aromatic rings. The van der Waals surface area contributed by atoms with Gasteiger partial charge in [-0.1, -0.05) is 0 Å². The first-order chi connectivity index (χ1) is 12.8. The Morgan fingerprint density at radius 1 is 1.11 bits per heavy atom. The molecule has 3 rings (SSSR count). The van der Waals surface area contributed by atoms with Gasteiger partial charge in [-0.2, -0.15) is 0 Å². The Labute approximate surface area is 161 Å². The van der Waals surface area contributed by atoms with Crippen molar-refractivity contribution < 1.29 is 19.7 Å². The highest BCUT2D eigenvalue weighted by molar-refractivity contribution is 5.77. The number of rotatable bonds is 4. The van der Waals surface area contributed by atoms with Gasteiger partial charge in [-0.25, -0.2) is 0 Å². The molecule has 6 heteroatoms. The first-order valence-corrected chi connectivity index (χ1v) is 9.87. The number of carbonyl (C=O) groups is 1. The zero-order chi connectivity index (χ0) is 19.8. The smallest absolute Gasteiger partial charge is 0.248 e. The van der Waals surface area contributed by atoms with E-state index in [4.69, 9.17) is 9.84 Å². The minimum atomic E-state index is -0.404. The van der Waals surface area contributed by atoms with Crippen LogP contribution in [0.1, 0.15) is 42.0 Å². The van der Waals surface area contributed by atoms with Crippen LogP contribution in [0.25, 0.3) is 0 Å². The summed E-state index contributed by atoms with van der Waals surface area (Å²) in [6, 6.07) is 0. The molecule has 1 fully saturated rings. The number of phenols is 1. The quantitative estimate of drug-likeness (QED) is 0.840. The van der Waals surface area contributed by atoms with Crippen LogP contribution in [0, 0.1) is 20.8 Å². The van der Waals surface area contributed by atoms with Crippen LogP contribution >= 0.6 is 0 Å². The predicted molar refractivity (Wildman–Crippen MR) is 104 cm³/mol. The standard InChI is InChI=1S/C21H32N2O4/c1-14-15(2)20-17(16(3)19(14)26)5-6-21(4,27-20)7-8-22-9-11-23(12-10-22)18(25)13-24/h24,26H,5-13H2,1-4H3. The van der Waals surface area contributed by atoms with Gasteiger partial charge in [-0.3, -0.25) is 9.69 Å². The molecule has 2 heterocycles. The number of benzene rings is 1. The summed E-state index contributed by atoms with van der Waals surface area (Å²) in [6.45, 7) is 11.7. The molecule has 2 aliphatic rings. The third kappa shape index (κ3) is 3.92. The number of aliphatic hydroxyl groups is 1. The minimum Gasteiger partial charge on any atom is -0.507 e. The molecule has 1 amide bonds. The van der Waals surface area contributed by atoms with Crippen molar-refractivity contribution in [3.63, 3.8) is 0 Å². The lowest BCUT2D eigenvalue weighted by Gasteiger charge is -2.40. The van der Waals surface area contributed by atoms with Crippen LogP contribution in [-0.2, 0) is 11.2 Å². The Hall–Kier alpha value is -1.79. The number of hydrogen-bond acceptors (Lipinski definition) is 5. The van der Waals surface area contributed by atoms with Gasteiger partial charge in [0.15, 0.2) is 0 Å². The predicted octanol–water partition coefficient (Wildman–Crippen LogP) is 1.93. The Morgan fingerprint density at radius 2 is 1.78 bits per heavy atom. The van der Waals surface area contributed by atoms with E-state index in [2.05, 4.69) is 11.8 Å².